The van der Waals surface area contributed by atoms with E-state index in [1.807, 2.05) is 36.4 Å². The van der Waals surface area contributed by atoms with Gasteiger partial charge in [0.25, 0.3) is 0 Å². The minimum absolute atomic E-state index is 0.0661. The number of amides is 1. The van der Waals surface area contributed by atoms with Crippen molar-refractivity contribution in [3.8, 4) is 5.75 Å². The number of ether oxygens (including phenoxy) is 1. The summed E-state index contributed by atoms with van der Waals surface area (Å²) in [6.07, 6.45) is 1.16. The van der Waals surface area contributed by atoms with Gasteiger partial charge in [-0.1, -0.05) is 18.2 Å². The fourth-order valence-corrected chi connectivity index (χ4v) is 2.09. The number of carbonyl (C=O) groups is 1. The molecule has 0 aliphatic carbocycles. The smallest absolute Gasteiger partial charge is 0.227 e. The number of nitrogens with zero attached hydrogens (tertiary/aromatic N) is 1. The molecule has 2 aromatic rings. The molecule has 0 spiro atoms. The Bertz CT molecular complexity index is 608. The molecular formula is C17H20N2O2. The largest absolute Gasteiger partial charge is 0.497 e. The van der Waals surface area contributed by atoms with E-state index >= 15 is 0 Å². The summed E-state index contributed by atoms with van der Waals surface area (Å²) in [5, 5.41) is 0. The van der Waals surface area contributed by atoms with Crippen LogP contribution in [0.5, 0.6) is 5.75 Å². The lowest BCUT2D eigenvalue weighted by Crippen LogP contribution is -2.26. The summed E-state index contributed by atoms with van der Waals surface area (Å²) in [5.41, 5.74) is 8.32. The molecule has 0 fully saturated rings. The first-order valence-corrected chi connectivity index (χ1v) is 6.85. The molecule has 0 saturated carbocycles. The monoisotopic (exact) mass is 284 g/mol. The Morgan fingerprint density at radius 1 is 1.19 bits per heavy atom. The van der Waals surface area contributed by atoms with Crippen LogP contribution in [0.4, 0.5) is 11.4 Å². The first-order chi connectivity index (χ1) is 10.1. The summed E-state index contributed by atoms with van der Waals surface area (Å²) in [5.74, 6) is 0.887. The zero-order valence-electron chi connectivity index (χ0n) is 12.4. The van der Waals surface area contributed by atoms with E-state index in [4.69, 9.17) is 10.5 Å². The molecule has 0 heterocycles. The number of carbonyl (C=O) groups excluding carboxylic acids is 1. The summed E-state index contributed by atoms with van der Waals surface area (Å²) in [4.78, 5) is 13.9. The van der Waals surface area contributed by atoms with Crippen molar-refractivity contribution in [2.75, 3.05) is 24.8 Å². The Morgan fingerprint density at radius 3 is 2.52 bits per heavy atom. The summed E-state index contributed by atoms with van der Waals surface area (Å²) in [7, 11) is 3.41. The average Bonchev–Trinajstić information content (AvgIpc) is 2.52. The molecule has 2 rings (SSSR count). The third kappa shape index (κ3) is 3.99. The van der Waals surface area contributed by atoms with Crippen LogP contribution in [0, 0.1) is 0 Å². The Labute approximate surface area is 125 Å². The van der Waals surface area contributed by atoms with Crippen LogP contribution < -0.4 is 15.4 Å². The maximum absolute atomic E-state index is 12.2. The van der Waals surface area contributed by atoms with Crippen molar-refractivity contribution in [3.05, 3.63) is 54.1 Å². The van der Waals surface area contributed by atoms with E-state index in [1.165, 1.54) is 0 Å². The van der Waals surface area contributed by atoms with Crippen LogP contribution >= 0.6 is 0 Å². The Balaban J connectivity index is 1.94. The standard InChI is InChI=1S/C17H20N2O2/c1-19(15-5-3-4-14(18)12-15)17(20)11-8-13-6-9-16(21-2)10-7-13/h3-7,9-10,12H,8,11,18H2,1-2H3. The molecule has 0 radical (unpaired) electrons. The number of hydrogen-bond acceptors (Lipinski definition) is 3. The van der Waals surface area contributed by atoms with Crippen molar-refractivity contribution in [2.45, 2.75) is 12.8 Å². The lowest BCUT2D eigenvalue weighted by Gasteiger charge is -2.17. The fraction of sp³-hybridized carbons (Fsp3) is 0.235. The van der Waals surface area contributed by atoms with E-state index in [0.29, 0.717) is 18.5 Å². The van der Waals surface area contributed by atoms with Gasteiger partial charge < -0.3 is 15.4 Å². The molecule has 2 N–H and O–H groups in total. The highest BCUT2D eigenvalue weighted by molar-refractivity contribution is 5.93. The second kappa shape index (κ2) is 6.79. The van der Waals surface area contributed by atoms with Gasteiger partial charge in [0.15, 0.2) is 0 Å². The fourth-order valence-electron chi connectivity index (χ4n) is 2.09. The average molecular weight is 284 g/mol. The first-order valence-electron chi connectivity index (χ1n) is 6.85. The third-order valence-corrected chi connectivity index (χ3v) is 3.42. The van der Waals surface area contributed by atoms with Gasteiger partial charge in [-0.15, -0.1) is 0 Å². The van der Waals surface area contributed by atoms with Crippen molar-refractivity contribution in [2.24, 2.45) is 0 Å². The van der Waals surface area contributed by atoms with Crippen LogP contribution in [0.3, 0.4) is 0 Å². The quantitative estimate of drug-likeness (QED) is 0.859. The molecule has 0 saturated heterocycles. The van der Waals surface area contributed by atoms with Crippen LogP contribution in [0.1, 0.15) is 12.0 Å². The predicted molar refractivity (Wildman–Crippen MR) is 85.6 cm³/mol. The van der Waals surface area contributed by atoms with Crippen molar-refractivity contribution in [1.82, 2.24) is 0 Å². The van der Waals surface area contributed by atoms with E-state index in [0.717, 1.165) is 17.0 Å². The van der Waals surface area contributed by atoms with E-state index in [9.17, 15) is 4.79 Å². The molecular weight excluding hydrogens is 264 g/mol. The van der Waals surface area contributed by atoms with Crippen LogP contribution in [-0.2, 0) is 11.2 Å². The number of nitrogens with two attached hydrogens (primary N) is 1. The van der Waals surface area contributed by atoms with Crippen molar-refractivity contribution >= 4 is 17.3 Å². The number of nitrogen functional groups attached to an aromatic ring is 1. The van der Waals surface area contributed by atoms with Crippen molar-refractivity contribution in [3.63, 3.8) is 0 Å². The molecule has 2 aromatic carbocycles. The Hall–Kier alpha value is -2.49. The number of benzene rings is 2. The highest BCUT2D eigenvalue weighted by Crippen LogP contribution is 2.18. The maximum Gasteiger partial charge on any atom is 0.227 e. The van der Waals surface area contributed by atoms with Crippen LogP contribution in [0.2, 0.25) is 0 Å². The summed E-state index contributed by atoms with van der Waals surface area (Å²) < 4.78 is 5.12. The molecule has 0 atom stereocenters. The molecule has 4 nitrogen and oxygen atoms in total. The van der Waals surface area contributed by atoms with Crippen LogP contribution in [-0.4, -0.2) is 20.1 Å². The molecule has 4 heteroatoms. The third-order valence-electron chi connectivity index (χ3n) is 3.42. The molecule has 0 aliphatic heterocycles. The molecule has 0 bridgehead atoms. The second-order valence-electron chi connectivity index (χ2n) is 4.90. The topological polar surface area (TPSA) is 55.6 Å². The van der Waals surface area contributed by atoms with Crippen molar-refractivity contribution in [1.29, 1.82) is 0 Å². The second-order valence-corrected chi connectivity index (χ2v) is 4.90. The minimum atomic E-state index is 0.0661. The number of aryl methyl sites for hydroxylation is 1. The minimum Gasteiger partial charge on any atom is -0.497 e. The zero-order valence-corrected chi connectivity index (χ0v) is 12.4. The van der Waals surface area contributed by atoms with Crippen molar-refractivity contribution < 1.29 is 9.53 Å². The molecule has 21 heavy (non-hydrogen) atoms. The summed E-state index contributed by atoms with van der Waals surface area (Å²) in [6, 6.07) is 15.1. The molecule has 110 valence electrons. The lowest BCUT2D eigenvalue weighted by molar-refractivity contribution is -0.118. The molecule has 0 unspecified atom stereocenters. The number of methoxy groups -OCH3 is 1. The Morgan fingerprint density at radius 2 is 1.90 bits per heavy atom. The van der Waals surface area contributed by atoms with Gasteiger partial charge >= 0.3 is 0 Å². The number of hydrogen-bond donors (Lipinski definition) is 1. The predicted octanol–water partition coefficient (Wildman–Crippen LogP) is 2.87. The summed E-state index contributed by atoms with van der Waals surface area (Å²) in [6.45, 7) is 0. The molecule has 0 aliphatic rings. The first kappa shape index (κ1) is 14.9. The molecule has 0 aromatic heterocycles. The normalized spacial score (nSPS) is 10.2. The van der Waals surface area contributed by atoms with E-state index in [-0.39, 0.29) is 5.91 Å². The van der Waals surface area contributed by atoms with Crippen LogP contribution in [0.15, 0.2) is 48.5 Å². The highest BCUT2D eigenvalue weighted by Gasteiger charge is 2.11. The maximum atomic E-state index is 12.2. The van der Waals surface area contributed by atoms with E-state index < -0.39 is 0 Å². The van der Waals surface area contributed by atoms with Gasteiger partial charge in [0.1, 0.15) is 5.75 Å². The van der Waals surface area contributed by atoms with Crippen LogP contribution in [0.25, 0.3) is 0 Å². The highest BCUT2D eigenvalue weighted by atomic mass is 16.5. The molecule has 1 amide bonds. The summed E-state index contributed by atoms with van der Waals surface area (Å²) >= 11 is 0. The van der Waals surface area contributed by atoms with E-state index in [2.05, 4.69) is 0 Å². The van der Waals surface area contributed by atoms with Gasteiger partial charge in [0, 0.05) is 24.8 Å². The van der Waals surface area contributed by atoms with Gasteiger partial charge in [-0.05, 0) is 42.3 Å². The van der Waals surface area contributed by atoms with E-state index in [1.54, 1.807) is 31.2 Å². The number of anilines is 2. The Kier molecular flexibility index (Phi) is 4.82. The van der Waals surface area contributed by atoms with Gasteiger partial charge in [0.2, 0.25) is 5.91 Å². The van der Waals surface area contributed by atoms with Gasteiger partial charge in [-0.2, -0.15) is 0 Å². The SMILES string of the molecule is COc1ccc(CCC(=O)N(C)c2cccc(N)c2)cc1. The zero-order chi connectivity index (χ0) is 15.2. The lowest BCUT2D eigenvalue weighted by atomic mass is 10.1. The van der Waals surface area contributed by atoms with Gasteiger partial charge in [-0.3, -0.25) is 4.79 Å². The van der Waals surface area contributed by atoms with Gasteiger partial charge in [-0.25, -0.2) is 0 Å². The number of rotatable bonds is 5. The van der Waals surface area contributed by atoms with Gasteiger partial charge in [0.05, 0.1) is 7.11 Å².